The monoisotopic (exact) mass is 380 g/mol. The molecule has 0 bridgehead atoms. The summed E-state index contributed by atoms with van der Waals surface area (Å²) in [6.45, 7) is 4.72. The van der Waals surface area contributed by atoms with Crippen LogP contribution in [0.1, 0.15) is 54.2 Å². The second kappa shape index (κ2) is 8.69. The molecule has 0 radical (unpaired) electrons. The van der Waals surface area contributed by atoms with Gasteiger partial charge in [0.05, 0.1) is 19.2 Å². The van der Waals surface area contributed by atoms with Gasteiger partial charge in [-0.1, -0.05) is 24.3 Å². The maximum atomic E-state index is 12.5. The number of likely N-dealkylation sites (tertiary alicyclic amines) is 1. The molecule has 3 amide bonds. The number of nitrogens with zero attached hydrogens (tertiary/aromatic N) is 1. The third-order valence-corrected chi connectivity index (χ3v) is 4.75. The van der Waals surface area contributed by atoms with Crippen LogP contribution in [-0.2, 0) is 16.1 Å². The van der Waals surface area contributed by atoms with E-state index in [1.165, 1.54) is 4.90 Å². The summed E-state index contributed by atoms with van der Waals surface area (Å²) < 4.78 is 5.43. The van der Waals surface area contributed by atoms with Crippen LogP contribution in [0, 0.1) is 0 Å². The number of ether oxygens (including phenoxy) is 1. The van der Waals surface area contributed by atoms with Crippen molar-refractivity contribution in [3.63, 3.8) is 0 Å². The number of hydrogen-bond acceptors (Lipinski definition) is 4. The fraction of sp³-hybridized carbons (Fsp3) is 0.318. The van der Waals surface area contributed by atoms with Gasteiger partial charge in [-0.2, -0.15) is 0 Å². The van der Waals surface area contributed by atoms with Crippen molar-refractivity contribution in [3.8, 4) is 5.75 Å². The Morgan fingerprint density at radius 2 is 1.64 bits per heavy atom. The summed E-state index contributed by atoms with van der Waals surface area (Å²) in [7, 11) is 0. The molecule has 2 aromatic rings. The molecule has 0 aliphatic carbocycles. The summed E-state index contributed by atoms with van der Waals surface area (Å²) in [6, 6.07) is 14.5. The molecule has 1 aliphatic heterocycles. The van der Waals surface area contributed by atoms with Crippen LogP contribution in [0.4, 0.5) is 0 Å². The molecular weight excluding hydrogens is 356 g/mol. The maximum absolute atomic E-state index is 12.5. The predicted molar refractivity (Wildman–Crippen MR) is 105 cm³/mol. The molecule has 1 fully saturated rings. The molecule has 0 saturated carbocycles. The standard InChI is InChI=1S/C22H24N2O4/c1-3-28-19-10-8-17(9-11-19)15(2)23-22(27)18-6-4-16(5-7-18)14-24-20(25)12-13-21(24)26/h4-11,15H,3,12-14H2,1-2H3,(H,23,27). The van der Waals surface area contributed by atoms with E-state index in [0.29, 0.717) is 12.2 Å². The van der Waals surface area contributed by atoms with Gasteiger partial charge in [0.15, 0.2) is 0 Å². The van der Waals surface area contributed by atoms with Gasteiger partial charge in [-0.3, -0.25) is 19.3 Å². The lowest BCUT2D eigenvalue weighted by Crippen LogP contribution is -2.28. The average molecular weight is 380 g/mol. The molecule has 146 valence electrons. The van der Waals surface area contributed by atoms with E-state index in [2.05, 4.69) is 5.32 Å². The normalized spacial score (nSPS) is 14.9. The Balaban J connectivity index is 1.59. The summed E-state index contributed by atoms with van der Waals surface area (Å²) in [6.07, 6.45) is 0.561. The molecule has 6 heteroatoms. The number of carbonyl (C=O) groups is 3. The molecule has 6 nitrogen and oxygen atoms in total. The Kier molecular flexibility index (Phi) is 6.09. The Hall–Kier alpha value is -3.15. The zero-order valence-corrected chi connectivity index (χ0v) is 16.1. The number of nitrogens with one attached hydrogen (secondary N) is 1. The van der Waals surface area contributed by atoms with E-state index in [1.54, 1.807) is 24.3 Å². The van der Waals surface area contributed by atoms with Gasteiger partial charge in [0.1, 0.15) is 5.75 Å². The van der Waals surface area contributed by atoms with Crippen LogP contribution in [0.5, 0.6) is 5.75 Å². The van der Waals surface area contributed by atoms with E-state index in [9.17, 15) is 14.4 Å². The van der Waals surface area contributed by atoms with Gasteiger partial charge in [0.25, 0.3) is 5.91 Å². The minimum Gasteiger partial charge on any atom is -0.494 e. The molecule has 0 aromatic heterocycles. The fourth-order valence-corrected chi connectivity index (χ4v) is 3.13. The lowest BCUT2D eigenvalue weighted by atomic mass is 10.1. The number of amides is 3. The molecule has 28 heavy (non-hydrogen) atoms. The van der Waals surface area contributed by atoms with Crippen molar-refractivity contribution in [3.05, 3.63) is 65.2 Å². The third kappa shape index (κ3) is 4.57. The van der Waals surface area contributed by atoms with Gasteiger partial charge in [-0.15, -0.1) is 0 Å². The molecular formula is C22H24N2O4. The molecule has 1 atom stereocenters. The largest absolute Gasteiger partial charge is 0.494 e. The van der Waals surface area contributed by atoms with Gasteiger partial charge >= 0.3 is 0 Å². The summed E-state index contributed by atoms with van der Waals surface area (Å²) in [5.74, 6) is 0.337. The minimum atomic E-state index is -0.179. The number of rotatable bonds is 7. The topological polar surface area (TPSA) is 75.7 Å². The zero-order valence-electron chi connectivity index (χ0n) is 16.1. The third-order valence-electron chi connectivity index (χ3n) is 4.75. The Morgan fingerprint density at radius 3 is 2.21 bits per heavy atom. The smallest absolute Gasteiger partial charge is 0.251 e. The number of carbonyl (C=O) groups excluding carboxylic acids is 3. The number of benzene rings is 2. The van der Waals surface area contributed by atoms with Gasteiger partial charge < -0.3 is 10.1 Å². The number of imide groups is 1. The van der Waals surface area contributed by atoms with Gasteiger partial charge in [-0.25, -0.2) is 0 Å². The first-order valence-electron chi connectivity index (χ1n) is 9.43. The molecule has 1 unspecified atom stereocenters. The van der Waals surface area contributed by atoms with Gasteiger partial charge in [-0.05, 0) is 49.2 Å². The predicted octanol–water partition coefficient (Wildman–Crippen LogP) is 3.23. The Labute approximate surface area is 164 Å². The minimum absolute atomic E-state index is 0.143. The van der Waals surface area contributed by atoms with Crippen molar-refractivity contribution in [2.45, 2.75) is 39.3 Å². The molecule has 1 aliphatic rings. The highest BCUT2D eigenvalue weighted by atomic mass is 16.5. The van der Waals surface area contributed by atoms with Gasteiger partial charge in [0, 0.05) is 18.4 Å². The first-order valence-corrected chi connectivity index (χ1v) is 9.43. The Bertz CT molecular complexity index is 843. The zero-order chi connectivity index (χ0) is 20.1. The lowest BCUT2D eigenvalue weighted by Gasteiger charge is -2.16. The van der Waals surface area contributed by atoms with E-state index < -0.39 is 0 Å². The van der Waals surface area contributed by atoms with E-state index >= 15 is 0 Å². The highest BCUT2D eigenvalue weighted by Gasteiger charge is 2.28. The maximum Gasteiger partial charge on any atom is 0.251 e. The fourth-order valence-electron chi connectivity index (χ4n) is 3.13. The van der Waals surface area contributed by atoms with Crippen molar-refractivity contribution >= 4 is 17.7 Å². The van der Waals surface area contributed by atoms with Crippen LogP contribution in [0.2, 0.25) is 0 Å². The summed E-state index contributed by atoms with van der Waals surface area (Å²) in [5, 5.41) is 2.97. The van der Waals surface area contributed by atoms with Crippen LogP contribution >= 0.6 is 0 Å². The average Bonchev–Trinajstić information content (AvgIpc) is 3.01. The van der Waals surface area contributed by atoms with Crippen molar-refractivity contribution in [2.24, 2.45) is 0 Å². The summed E-state index contributed by atoms with van der Waals surface area (Å²) >= 11 is 0. The lowest BCUT2D eigenvalue weighted by molar-refractivity contribution is -0.139. The van der Waals surface area contributed by atoms with Crippen molar-refractivity contribution in [1.82, 2.24) is 10.2 Å². The quantitative estimate of drug-likeness (QED) is 0.749. The van der Waals surface area contributed by atoms with Crippen LogP contribution in [0.15, 0.2) is 48.5 Å². The molecule has 0 spiro atoms. The van der Waals surface area contributed by atoms with Crippen molar-refractivity contribution in [2.75, 3.05) is 6.61 Å². The highest BCUT2D eigenvalue weighted by molar-refractivity contribution is 6.01. The van der Waals surface area contributed by atoms with Crippen molar-refractivity contribution < 1.29 is 19.1 Å². The SMILES string of the molecule is CCOc1ccc(C(C)NC(=O)c2ccc(CN3C(=O)CCC3=O)cc2)cc1. The number of hydrogen-bond donors (Lipinski definition) is 1. The van der Waals surface area contributed by atoms with Crippen LogP contribution in [0.25, 0.3) is 0 Å². The second-order valence-corrected chi connectivity index (χ2v) is 6.77. The van der Waals surface area contributed by atoms with Crippen LogP contribution in [0.3, 0.4) is 0 Å². The van der Waals surface area contributed by atoms with E-state index in [-0.39, 0.29) is 43.1 Å². The Morgan fingerprint density at radius 1 is 1.04 bits per heavy atom. The van der Waals surface area contributed by atoms with Crippen molar-refractivity contribution in [1.29, 1.82) is 0 Å². The second-order valence-electron chi connectivity index (χ2n) is 6.77. The molecule has 1 heterocycles. The molecule has 3 rings (SSSR count). The van der Waals surface area contributed by atoms with E-state index in [4.69, 9.17) is 4.74 Å². The van der Waals surface area contributed by atoms with E-state index in [0.717, 1.165) is 16.9 Å². The first-order chi connectivity index (χ1) is 13.5. The molecule has 1 saturated heterocycles. The van der Waals surface area contributed by atoms with Crippen LogP contribution in [-0.4, -0.2) is 29.2 Å². The van der Waals surface area contributed by atoms with Crippen LogP contribution < -0.4 is 10.1 Å². The molecule has 1 N–H and O–H groups in total. The van der Waals surface area contributed by atoms with Gasteiger partial charge in [0.2, 0.25) is 11.8 Å². The first kappa shape index (κ1) is 19.6. The summed E-state index contributed by atoms with van der Waals surface area (Å²) in [4.78, 5) is 37.2. The summed E-state index contributed by atoms with van der Waals surface area (Å²) in [5.41, 5.74) is 2.33. The highest BCUT2D eigenvalue weighted by Crippen LogP contribution is 2.19. The van der Waals surface area contributed by atoms with E-state index in [1.807, 2.05) is 38.1 Å². The molecule has 2 aromatic carbocycles.